The highest BCUT2D eigenvalue weighted by atomic mass is 32.1. The third-order valence-corrected chi connectivity index (χ3v) is 2.65. The molecule has 1 rings (SSSR count). The highest BCUT2D eigenvalue weighted by molar-refractivity contribution is 7.13. The van der Waals surface area contributed by atoms with Gasteiger partial charge < -0.3 is 16.2 Å². The predicted octanol–water partition coefficient (Wildman–Crippen LogP) is 0.909. The quantitative estimate of drug-likeness (QED) is 0.617. The number of hydrogen-bond donors (Lipinski definition) is 3. The topological polar surface area (TPSA) is 105 Å². The van der Waals surface area contributed by atoms with E-state index in [1.165, 1.54) is 16.7 Å². The zero-order valence-electron chi connectivity index (χ0n) is 8.60. The van der Waals surface area contributed by atoms with Gasteiger partial charge >= 0.3 is 5.97 Å². The van der Waals surface area contributed by atoms with Gasteiger partial charge in [0.05, 0.1) is 0 Å². The second-order valence-electron chi connectivity index (χ2n) is 3.19. The van der Waals surface area contributed by atoms with E-state index in [0.717, 1.165) is 12.8 Å². The molecule has 1 aromatic heterocycles. The number of carbonyl (C=O) groups excluding carboxylic acids is 1. The summed E-state index contributed by atoms with van der Waals surface area (Å²) in [4.78, 5) is 24.8. The molecule has 0 saturated heterocycles. The standard InChI is InChI=1S/C9H13N3O3S/c10-7(13)3-1-2-4-11-9-12-6(5-16-9)8(14)15/h5H,1-4H2,(H2,10,13)(H,11,12)(H,14,15). The molecule has 1 heterocycles. The number of anilines is 1. The van der Waals surface area contributed by atoms with Gasteiger partial charge in [0.15, 0.2) is 10.8 Å². The fourth-order valence-electron chi connectivity index (χ4n) is 1.07. The molecule has 0 radical (unpaired) electrons. The summed E-state index contributed by atoms with van der Waals surface area (Å²) in [6.45, 7) is 0.653. The molecular weight excluding hydrogens is 230 g/mol. The molecule has 0 bridgehead atoms. The number of nitrogens with two attached hydrogens (primary N) is 1. The number of aromatic nitrogens is 1. The summed E-state index contributed by atoms with van der Waals surface area (Å²) in [5.74, 6) is -1.33. The SMILES string of the molecule is NC(=O)CCCCNc1nc(C(=O)O)cs1. The van der Waals surface area contributed by atoms with E-state index >= 15 is 0 Å². The number of primary amides is 1. The number of unbranched alkanes of at least 4 members (excludes halogenated alkanes) is 1. The Bertz CT molecular complexity index is 378. The van der Waals surface area contributed by atoms with Gasteiger partial charge in [-0.2, -0.15) is 0 Å². The molecule has 7 heteroatoms. The number of nitrogens with one attached hydrogen (secondary N) is 1. The number of thiazole rings is 1. The van der Waals surface area contributed by atoms with Gasteiger partial charge in [0.25, 0.3) is 0 Å². The van der Waals surface area contributed by atoms with Crippen LogP contribution < -0.4 is 11.1 Å². The lowest BCUT2D eigenvalue weighted by Gasteiger charge is -2.00. The fraction of sp³-hybridized carbons (Fsp3) is 0.444. The van der Waals surface area contributed by atoms with Crippen molar-refractivity contribution in [2.24, 2.45) is 5.73 Å². The highest BCUT2D eigenvalue weighted by Crippen LogP contribution is 2.15. The van der Waals surface area contributed by atoms with E-state index in [-0.39, 0.29) is 11.6 Å². The summed E-state index contributed by atoms with van der Waals surface area (Å²) in [5.41, 5.74) is 5.03. The Balaban J connectivity index is 2.21. The van der Waals surface area contributed by atoms with Crippen LogP contribution >= 0.6 is 11.3 Å². The molecule has 0 aliphatic heterocycles. The van der Waals surface area contributed by atoms with Crippen molar-refractivity contribution in [2.45, 2.75) is 19.3 Å². The van der Waals surface area contributed by atoms with Crippen LogP contribution in [-0.2, 0) is 4.79 Å². The second kappa shape index (κ2) is 6.06. The Kier molecular flexibility index (Phi) is 4.71. The molecule has 0 fully saturated rings. The largest absolute Gasteiger partial charge is 0.476 e. The van der Waals surface area contributed by atoms with Gasteiger partial charge in [0, 0.05) is 18.3 Å². The summed E-state index contributed by atoms with van der Waals surface area (Å²) >= 11 is 1.25. The minimum absolute atomic E-state index is 0.0460. The number of carbonyl (C=O) groups is 2. The van der Waals surface area contributed by atoms with Crippen molar-refractivity contribution in [3.8, 4) is 0 Å². The molecule has 0 saturated carbocycles. The van der Waals surface area contributed by atoms with E-state index in [1.54, 1.807) is 0 Å². The molecule has 1 aromatic rings. The monoisotopic (exact) mass is 243 g/mol. The molecule has 4 N–H and O–H groups in total. The molecule has 0 aliphatic rings. The Morgan fingerprint density at radius 2 is 2.25 bits per heavy atom. The van der Waals surface area contributed by atoms with Crippen molar-refractivity contribution < 1.29 is 14.7 Å². The van der Waals surface area contributed by atoms with Crippen LogP contribution in [0.4, 0.5) is 5.13 Å². The Labute approximate surface area is 96.5 Å². The number of carboxylic acids is 1. The van der Waals surface area contributed by atoms with E-state index < -0.39 is 5.97 Å². The summed E-state index contributed by atoms with van der Waals surface area (Å²) in [6.07, 6.45) is 1.89. The number of hydrogen-bond acceptors (Lipinski definition) is 5. The first-order valence-electron chi connectivity index (χ1n) is 4.80. The predicted molar refractivity (Wildman–Crippen MR) is 60.6 cm³/mol. The van der Waals surface area contributed by atoms with Crippen molar-refractivity contribution >= 4 is 28.3 Å². The lowest BCUT2D eigenvalue weighted by Crippen LogP contribution is -2.10. The number of carboxylic acid groups (broad SMARTS) is 1. The van der Waals surface area contributed by atoms with Crippen LogP contribution in [0.15, 0.2) is 5.38 Å². The van der Waals surface area contributed by atoms with E-state index in [1.807, 2.05) is 0 Å². The molecular formula is C9H13N3O3S. The minimum Gasteiger partial charge on any atom is -0.476 e. The fourth-order valence-corrected chi connectivity index (χ4v) is 1.79. The third kappa shape index (κ3) is 4.26. The van der Waals surface area contributed by atoms with Crippen LogP contribution in [0.5, 0.6) is 0 Å². The molecule has 6 nitrogen and oxygen atoms in total. The number of nitrogens with zero attached hydrogens (tertiary/aromatic N) is 1. The maximum atomic E-state index is 10.5. The Hall–Kier alpha value is -1.63. The first-order valence-corrected chi connectivity index (χ1v) is 5.68. The maximum absolute atomic E-state index is 10.5. The first-order chi connectivity index (χ1) is 7.59. The molecule has 0 aliphatic carbocycles. The van der Waals surface area contributed by atoms with Crippen molar-refractivity contribution in [3.63, 3.8) is 0 Å². The van der Waals surface area contributed by atoms with Gasteiger partial charge in [0.2, 0.25) is 5.91 Å². The van der Waals surface area contributed by atoms with E-state index in [0.29, 0.717) is 18.1 Å². The first kappa shape index (κ1) is 12.4. The van der Waals surface area contributed by atoms with Gasteiger partial charge in [-0.3, -0.25) is 4.79 Å². The normalized spacial score (nSPS) is 10.0. The molecule has 0 atom stereocenters. The minimum atomic E-state index is -1.03. The van der Waals surface area contributed by atoms with Crippen LogP contribution in [0.3, 0.4) is 0 Å². The molecule has 16 heavy (non-hydrogen) atoms. The Morgan fingerprint density at radius 1 is 1.50 bits per heavy atom. The van der Waals surface area contributed by atoms with Crippen LogP contribution in [0.2, 0.25) is 0 Å². The average Bonchev–Trinajstić information content (AvgIpc) is 2.65. The second-order valence-corrected chi connectivity index (χ2v) is 4.05. The van der Waals surface area contributed by atoms with Crippen LogP contribution in [-0.4, -0.2) is 28.5 Å². The van der Waals surface area contributed by atoms with Gasteiger partial charge in [0.1, 0.15) is 0 Å². The van der Waals surface area contributed by atoms with Crippen molar-refractivity contribution in [3.05, 3.63) is 11.1 Å². The highest BCUT2D eigenvalue weighted by Gasteiger charge is 2.07. The van der Waals surface area contributed by atoms with Crippen LogP contribution in [0, 0.1) is 0 Å². The van der Waals surface area contributed by atoms with Gasteiger partial charge in [-0.25, -0.2) is 9.78 Å². The summed E-state index contributed by atoms with van der Waals surface area (Å²) in [5, 5.41) is 13.7. The summed E-state index contributed by atoms with van der Waals surface area (Å²) < 4.78 is 0. The maximum Gasteiger partial charge on any atom is 0.355 e. The third-order valence-electron chi connectivity index (χ3n) is 1.85. The average molecular weight is 243 g/mol. The van der Waals surface area contributed by atoms with Gasteiger partial charge in [-0.15, -0.1) is 11.3 Å². The number of amides is 1. The zero-order chi connectivity index (χ0) is 12.0. The zero-order valence-corrected chi connectivity index (χ0v) is 9.42. The smallest absolute Gasteiger partial charge is 0.355 e. The molecule has 1 amide bonds. The van der Waals surface area contributed by atoms with Gasteiger partial charge in [-0.1, -0.05) is 0 Å². The van der Waals surface area contributed by atoms with Crippen molar-refractivity contribution in [1.82, 2.24) is 4.98 Å². The van der Waals surface area contributed by atoms with E-state index in [9.17, 15) is 9.59 Å². The Morgan fingerprint density at radius 3 is 2.81 bits per heavy atom. The van der Waals surface area contributed by atoms with E-state index in [4.69, 9.17) is 10.8 Å². The summed E-state index contributed by atoms with van der Waals surface area (Å²) in [7, 11) is 0. The number of aromatic carboxylic acids is 1. The molecule has 0 aromatic carbocycles. The lowest BCUT2D eigenvalue weighted by atomic mass is 10.2. The summed E-state index contributed by atoms with van der Waals surface area (Å²) in [6, 6.07) is 0. The van der Waals surface area contributed by atoms with Crippen LogP contribution in [0.25, 0.3) is 0 Å². The van der Waals surface area contributed by atoms with Crippen molar-refractivity contribution in [1.29, 1.82) is 0 Å². The van der Waals surface area contributed by atoms with Crippen LogP contribution in [0.1, 0.15) is 29.8 Å². The van der Waals surface area contributed by atoms with Crippen molar-refractivity contribution in [2.75, 3.05) is 11.9 Å². The van der Waals surface area contributed by atoms with E-state index in [2.05, 4.69) is 10.3 Å². The molecule has 0 spiro atoms. The molecule has 0 unspecified atom stereocenters. The lowest BCUT2D eigenvalue weighted by molar-refractivity contribution is -0.118. The van der Waals surface area contributed by atoms with Gasteiger partial charge in [-0.05, 0) is 12.8 Å². The number of rotatable bonds is 7. The molecule has 88 valence electrons.